The second kappa shape index (κ2) is 6.74. The van der Waals surface area contributed by atoms with E-state index in [9.17, 15) is 36.4 Å². The van der Waals surface area contributed by atoms with Crippen LogP contribution in [-0.2, 0) is 17.1 Å². The summed E-state index contributed by atoms with van der Waals surface area (Å²) in [5.41, 5.74) is -4.89. The number of rotatable bonds is 2. The lowest BCUT2D eigenvalue weighted by atomic mass is 9.96. The third kappa shape index (κ3) is 3.99. The number of nitriles is 1. The van der Waals surface area contributed by atoms with Gasteiger partial charge in [-0.25, -0.2) is 0 Å². The van der Waals surface area contributed by atoms with Crippen molar-refractivity contribution in [2.45, 2.75) is 25.4 Å². The maximum Gasteiger partial charge on any atom is 0.416 e. The topological polar surface area (TPSA) is 62.1 Å². The highest BCUT2D eigenvalue weighted by atomic mass is 19.4. The Bertz CT molecular complexity index is 798. The molecule has 138 valence electrons. The van der Waals surface area contributed by atoms with Crippen molar-refractivity contribution in [1.82, 2.24) is 5.32 Å². The Morgan fingerprint density at radius 3 is 2.08 bits per heavy atom. The van der Waals surface area contributed by atoms with Gasteiger partial charge in [0.15, 0.2) is 0 Å². The van der Waals surface area contributed by atoms with Crippen LogP contribution in [0.25, 0.3) is 0 Å². The normalized spacial score (nSPS) is 19.2. The minimum Gasteiger partial charge on any atom is -0.491 e. The minimum atomic E-state index is -5.10. The van der Waals surface area contributed by atoms with Gasteiger partial charge in [-0.2, -0.15) is 31.6 Å². The van der Waals surface area contributed by atoms with E-state index in [4.69, 9.17) is 4.74 Å². The highest BCUT2D eigenvalue weighted by Crippen LogP contribution is 2.36. The fourth-order valence-electron chi connectivity index (χ4n) is 2.21. The van der Waals surface area contributed by atoms with E-state index in [1.54, 1.807) is 0 Å². The summed E-state index contributed by atoms with van der Waals surface area (Å²) < 4.78 is 82.5. The van der Waals surface area contributed by atoms with Crippen LogP contribution < -0.4 is 5.32 Å². The Hall–Kier alpha value is -2.96. The number of carbonyl (C=O) groups excluding carboxylic acids is 1. The Morgan fingerprint density at radius 1 is 1.12 bits per heavy atom. The van der Waals surface area contributed by atoms with Gasteiger partial charge >= 0.3 is 12.4 Å². The van der Waals surface area contributed by atoms with Gasteiger partial charge in [0.05, 0.1) is 23.1 Å². The van der Waals surface area contributed by atoms with Crippen LogP contribution in [-0.4, -0.2) is 11.9 Å². The molecule has 0 spiro atoms. The maximum atomic E-state index is 12.9. The van der Waals surface area contributed by atoms with Crippen molar-refractivity contribution in [3.05, 3.63) is 58.6 Å². The summed E-state index contributed by atoms with van der Waals surface area (Å²) in [6.45, 7) is 1.45. The van der Waals surface area contributed by atoms with Crippen molar-refractivity contribution < 1.29 is 35.9 Å². The summed E-state index contributed by atoms with van der Waals surface area (Å²) in [5, 5.41) is 11.7. The predicted molar refractivity (Wildman–Crippen MR) is 76.2 cm³/mol. The number of alkyl halides is 6. The number of nitrogens with one attached hydrogen (secondary N) is 1. The molecule has 0 amide bonds. The van der Waals surface area contributed by atoms with E-state index in [1.807, 2.05) is 0 Å². The highest BCUT2D eigenvalue weighted by molar-refractivity contribution is 6.12. The quantitative estimate of drug-likeness (QED) is 0.364. The standard InChI is InChI=1S/C16H10F6N2O2/c1-8-13(24-2-3-26-8)12(7-23)14(25)9-4-10(15(17,18)19)6-11(5-9)16(20,21)22/h2-6,8,24H,1H3. The van der Waals surface area contributed by atoms with Crippen molar-refractivity contribution in [2.75, 3.05) is 0 Å². The SMILES string of the molecule is CC1OC=CNC1=C(C#N)C(=O)c1cc(C(F)(F)F)cc(C(F)(F)F)c1. The molecular weight excluding hydrogens is 366 g/mol. The summed E-state index contributed by atoms with van der Waals surface area (Å²) in [6, 6.07) is 1.97. The van der Waals surface area contributed by atoms with Crippen molar-refractivity contribution >= 4 is 5.78 Å². The van der Waals surface area contributed by atoms with E-state index >= 15 is 0 Å². The smallest absolute Gasteiger partial charge is 0.416 e. The van der Waals surface area contributed by atoms with Crippen molar-refractivity contribution in [3.8, 4) is 6.07 Å². The van der Waals surface area contributed by atoms with E-state index in [0.717, 1.165) is 0 Å². The number of ketones is 1. The average molecular weight is 376 g/mol. The molecule has 2 rings (SSSR count). The lowest BCUT2D eigenvalue weighted by Crippen LogP contribution is -2.27. The molecule has 1 heterocycles. The van der Waals surface area contributed by atoms with Crippen LogP contribution in [0.15, 0.2) is 41.9 Å². The van der Waals surface area contributed by atoms with Crippen LogP contribution in [0.3, 0.4) is 0 Å². The molecule has 1 N–H and O–H groups in total. The molecule has 0 radical (unpaired) electrons. The second-order valence-electron chi connectivity index (χ2n) is 5.25. The van der Waals surface area contributed by atoms with Gasteiger partial charge < -0.3 is 10.1 Å². The largest absolute Gasteiger partial charge is 0.491 e. The molecule has 10 heteroatoms. The fourth-order valence-corrected chi connectivity index (χ4v) is 2.21. The molecule has 4 nitrogen and oxygen atoms in total. The molecule has 0 saturated carbocycles. The highest BCUT2D eigenvalue weighted by Gasteiger charge is 2.38. The Kier molecular flexibility index (Phi) is 5.02. The first-order chi connectivity index (χ1) is 11.9. The first-order valence-electron chi connectivity index (χ1n) is 7.00. The summed E-state index contributed by atoms with van der Waals surface area (Å²) in [5.74, 6) is -1.28. The molecule has 0 bridgehead atoms. The average Bonchev–Trinajstić information content (AvgIpc) is 2.55. The van der Waals surface area contributed by atoms with Gasteiger partial charge in [0.1, 0.15) is 17.7 Å². The fraction of sp³-hybridized carbons (Fsp3) is 0.250. The van der Waals surface area contributed by atoms with Gasteiger partial charge in [-0.1, -0.05) is 0 Å². The Morgan fingerprint density at radius 2 is 1.65 bits per heavy atom. The summed E-state index contributed by atoms with van der Waals surface area (Å²) in [4.78, 5) is 12.4. The number of hydrogen-bond acceptors (Lipinski definition) is 4. The van der Waals surface area contributed by atoms with E-state index < -0.39 is 46.5 Å². The first-order valence-corrected chi connectivity index (χ1v) is 7.00. The zero-order valence-corrected chi connectivity index (χ0v) is 13.0. The molecule has 0 fully saturated rings. The Balaban J connectivity index is 2.63. The number of hydrogen-bond donors (Lipinski definition) is 1. The van der Waals surface area contributed by atoms with Crippen LogP contribution >= 0.6 is 0 Å². The number of allylic oxidation sites excluding steroid dienone is 1. The van der Waals surface area contributed by atoms with Gasteiger partial charge in [0.25, 0.3) is 0 Å². The van der Waals surface area contributed by atoms with Crippen LogP contribution in [0, 0.1) is 11.3 Å². The molecule has 1 aromatic carbocycles. The minimum absolute atomic E-state index is 0.0639. The summed E-state index contributed by atoms with van der Waals surface area (Å²) in [7, 11) is 0. The number of nitrogens with zero attached hydrogens (tertiary/aromatic N) is 1. The van der Waals surface area contributed by atoms with Crippen LogP contribution in [0.5, 0.6) is 0 Å². The van der Waals surface area contributed by atoms with Gasteiger partial charge in [0.2, 0.25) is 5.78 Å². The molecule has 0 aliphatic carbocycles. The number of ether oxygens (including phenoxy) is 1. The van der Waals surface area contributed by atoms with Crippen LogP contribution in [0.1, 0.15) is 28.4 Å². The number of benzene rings is 1. The number of halogens is 6. The lowest BCUT2D eigenvalue weighted by Gasteiger charge is -2.21. The predicted octanol–water partition coefficient (Wildman–Crippen LogP) is 4.16. The third-order valence-corrected chi connectivity index (χ3v) is 3.45. The van der Waals surface area contributed by atoms with Crippen molar-refractivity contribution in [2.24, 2.45) is 0 Å². The molecule has 1 atom stereocenters. The van der Waals surface area contributed by atoms with E-state index in [-0.39, 0.29) is 23.9 Å². The zero-order chi connectivity index (χ0) is 19.7. The molecule has 1 aromatic rings. The summed E-state index contributed by atoms with van der Waals surface area (Å²) in [6.07, 6.45) is -8.56. The Labute approximate surface area is 143 Å². The van der Waals surface area contributed by atoms with Crippen molar-refractivity contribution in [1.29, 1.82) is 5.26 Å². The van der Waals surface area contributed by atoms with Gasteiger partial charge in [-0.15, -0.1) is 0 Å². The number of carbonyl (C=O) groups is 1. The first kappa shape index (κ1) is 19.4. The maximum absolute atomic E-state index is 12.9. The molecular formula is C16H10F6N2O2. The van der Waals surface area contributed by atoms with Gasteiger partial charge in [-0.3, -0.25) is 4.79 Å². The zero-order valence-electron chi connectivity index (χ0n) is 13.0. The molecule has 1 aliphatic heterocycles. The van der Waals surface area contributed by atoms with Crippen molar-refractivity contribution in [3.63, 3.8) is 0 Å². The molecule has 1 unspecified atom stereocenters. The molecule has 0 aromatic heterocycles. The number of Topliss-reactive ketones (excluding diaryl/α,β-unsaturated/α-hetero) is 1. The monoisotopic (exact) mass is 376 g/mol. The van der Waals surface area contributed by atoms with Crippen LogP contribution in [0.2, 0.25) is 0 Å². The third-order valence-electron chi connectivity index (χ3n) is 3.45. The van der Waals surface area contributed by atoms with E-state index in [1.165, 1.54) is 25.5 Å². The summed E-state index contributed by atoms with van der Waals surface area (Å²) >= 11 is 0. The molecule has 26 heavy (non-hydrogen) atoms. The van der Waals surface area contributed by atoms with E-state index in [2.05, 4.69) is 5.32 Å². The lowest BCUT2D eigenvalue weighted by molar-refractivity contribution is -0.143. The van der Waals surface area contributed by atoms with Gasteiger partial charge in [-0.05, 0) is 25.1 Å². The van der Waals surface area contributed by atoms with E-state index in [0.29, 0.717) is 0 Å². The van der Waals surface area contributed by atoms with Gasteiger partial charge in [0, 0.05) is 11.8 Å². The second-order valence-corrected chi connectivity index (χ2v) is 5.25. The molecule has 1 aliphatic rings. The van der Waals surface area contributed by atoms with Crippen LogP contribution in [0.4, 0.5) is 26.3 Å². The molecule has 0 saturated heterocycles.